The molecule has 3 rings (SSSR count). The molecule has 5 nitrogen and oxygen atoms in total. The van der Waals surface area contributed by atoms with Crippen LogP contribution in [0.15, 0.2) is 48.0 Å². The molecule has 0 amide bonds. The van der Waals surface area contributed by atoms with Crippen molar-refractivity contribution in [2.75, 3.05) is 26.7 Å². The Morgan fingerprint density at radius 1 is 1.35 bits per heavy atom. The first-order valence-corrected chi connectivity index (χ1v) is 7.60. The van der Waals surface area contributed by atoms with E-state index in [0.29, 0.717) is 12.5 Å². The highest BCUT2D eigenvalue weighted by Crippen LogP contribution is 2.25. The zero-order chi connectivity index (χ0) is 16.1. The lowest BCUT2D eigenvalue weighted by Crippen LogP contribution is -2.28. The Kier molecular flexibility index (Phi) is 4.92. The SMILES string of the molecule is CO/N=C(/CN1CCC(c2cnccn2)C1)c1ccc(F)cc1. The molecule has 0 spiro atoms. The van der Waals surface area contributed by atoms with Crippen molar-refractivity contribution in [1.82, 2.24) is 14.9 Å². The Morgan fingerprint density at radius 3 is 2.87 bits per heavy atom. The van der Waals surface area contributed by atoms with E-state index in [1.54, 1.807) is 24.5 Å². The molecule has 1 saturated heterocycles. The molecule has 0 bridgehead atoms. The summed E-state index contributed by atoms with van der Waals surface area (Å²) in [5, 5.41) is 4.11. The van der Waals surface area contributed by atoms with Crippen LogP contribution in [0, 0.1) is 5.82 Å². The first kappa shape index (κ1) is 15.6. The van der Waals surface area contributed by atoms with Gasteiger partial charge in [-0.2, -0.15) is 0 Å². The largest absolute Gasteiger partial charge is 0.399 e. The maximum Gasteiger partial charge on any atom is 0.123 e. The molecular weight excluding hydrogens is 295 g/mol. The Balaban J connectivity index is 1.68. The quantitative estimate of drug-likeness (QED) is 0.628. The zero-order valence-electron chi connectivity index (χ0n) is 13.0. The summed E-state index contributed by atoms with van der Waals surface area (Å²) in [7, 11) is 1.52. The third-order valence-electron chi connectivity index (χ3n) is 4.03. The zero-order valence-corrected chi connectivity index (χ0v) is 13.0. The molecule has 0 aliphatic carbocycles. The molecule has 1 unspecified atom stereocenters. The lowest BCUT2D eigenvalue weighted by atomic mass is 10.1. The van der Waals surface area contributed by atoms with Gasteiger partial charge in [-0.25, -0.2) is 4.39 Å². The van der Waals surface area contributed by atoms with Gasteiger partial charge in [0.2, 0.25) is 0 Å². The van der Waals surface area contributed by atoms with Gasteiger partial charge >= 0.3 is 0 Å². The van der Waals surface area contributed by atoms with E-state index < -0.39 is 0 Å². The normalized spacial score (nSPS) is 19.0. The molecule has 1 fully saturated rings. The highest BCUT2D eigenvalue weighted by Gasteiger charge is 2.26. The summed E-state index contributed by atoms with van der Waals surface area (Å²) in [5.41, 5.74) is 2.70. The molecule has 0 radical (unpaired) electrons. The van der Waals surface area contributed by atoms with Crippen molar-refractivity contribution >= 4 is 5.71 Å². The van der Waals surface area contributed by atoms with Gasteiger partial charge in [0.1, 0.15) is 18.6 Å². The van der Waals surface area contributed by atoms with Crippen molar-refractivity contribution < 1.29 is 9.23 Å². The number of nitrogens with zero attached hydrogens (tertiary/aromatic N) is 4. The minimum Gasteiger partial charge on any atom is -0.399 e. The molecular formula is C17H19FN4O. The Morgan fingerprint density at radius 2 is 2.17 bits per heavy atom. The van der Waals surface area contributed by atoms with Crippen LogP contribution in [0.5, 0.6) is 0 Å². The van der Waals surface area contributed by atoms with E-state index in [1.807, 2.05) is 6.20 Å². The van der Waals surface area contributed by atoms with Crippen molar-refractivity contribution in [3.05, 3.63) is 59.9 Å². The van der Waals surface area contributed by atoms with Crippen LogP contribution in [0.4, 0.5) is 4.39 Å². The second kappa shape index (κ2) is 7.28. The van der Waals surface area contributed by atoms with Crippen LogP contribution < -0.4 is 0 Å². The predicted molar refractivity (Wildman–Crippen MR) is 85.8 cm³/mol. The van der Waals surface area contributed by atoms with Gasteiger partial charge < -0.3 is 4.84 Å². The van der Waals surface area contributed by atoms with E-state index in [9.17, 15) is 4.39 Å². The number of halogens is 1. The highest BCUT2D eigenvalue weighted by atomic mass is 19.1. The summed E-state index contributed by atoms with van der Waals surface area (Å²) in [4.78, 5) is 15.8. The van der Waals surface area contributed by atoms with Gasteiger partial charge in [-0.3, -0.25) is 14.9 Å². The molecule has 2 heterocycles. The maximum absolute atomic E-state index is 13.1. The summed E-state index contributed by atoms with van der Waals surface area (Å²) in [5.74, 6) is 0.134. The Hall–Kier alpha value is -2.34. The van der Waals surface area contributed by atoms with Crippen LogP contribution in [0.25, 0.3) is 0 Å². The molecule has 1 aromatic heterocycles. The molecule has 2 aromatic rings. The van der Waals surface area contributed by atoms with E-state index in [1.165, 1.54) is 19.2 Å². The van der Waals surface area contributed by atoms with E-state index in [-0.39, 0.29) is 5.82 Å². The van der Waals surface area contributed by atoms with Gasteiger partial charge in [0.25, 0.3) is 0 Å². The van der Waals surface area contributed by atoms with Crippen LogP contribution in [-0.2, 0) is 4.84 Å². The lowest BCUT2D eigenvalue weighted by Gasteiger charge is -2.17. The minimum absolute atomic E-state index is 0.255. The average Bonchev–Trinajstić information content (AvgIpc) is 3.05. The summed E-state index contributed by atoms with van der Waals surface area (Å²) in [6.07, 6.45) is 6.29. The minimum atomic E-state index is -0.255. The number of oxime groups is 1. The molecule has 23 heavy (non-hydrogen) atoms. The number of aromatic nitrogens is 2. The van der Waals surface area contributed by atoms with Crippen molar-refractivity contribution in [2.24, 2.45) is 5.16 Å². The monoisotopic (exact) mass is 314 g/mol. The van der Waals surface area contributed by atoms with Gasteiger partial charge in [-0.1, -0.05) is 17.3 Å². The molecule has 0 saturated carbocycles. The maximum atomic E-state index is 13.1. The van der Waals surface area contributed by atoms with Crippen LogP contribution >= 0.6 is 0 Å². The number of hydrogen-bond acceptors (Lipinski definition) is 5. The van der Waals surface area contributed by atoms with E-state index in [0.717, 1.165) is 36.5 Å². The molecule has 1 aromatic carbocycles. The number of benzene rings is 1. The van der Waals surface area contributed by atoms with Gasteiger partial charge in [-0.05, 0) is 25.1 Å². The van der Waals surface area contributed by atoms with E-state index in [4.69, 9.17) is 4.84 Å². The van der Waals surface area contributed by atoms with Crippen molar-refractivity contribution in [3.63, 3.8) is 0 Å². The van der Waals surface area contributed by atoms with Crippen molar-refractivity contribution in [1.29, 1.82) is 0 Å². The number of likely N-dealkylation sites (tertiary alicyclic amines) is 1. The summed E-state index contributed by atoms with van der Waals surface area (Å²) >= 11 is 0. The smallest absolute Gasteiger partial charge is 0.123 e. The second-order valence-electron chi connectivity index (χ2n) is 5.58. The van der Waals surface area contributed by atoms with Gasteiger partial charge in [0.05, 0.1) is 5.69 Å². The first-order chi connectivity index (χ1) is 11.3. The van der Waals surface area contributed by atoms with Gasteiger partial charge in [-0.15, -0.1) is 0 Å². The van der Waals surface area contributed by atoms with Crippen LogP contribution in [0.3, 0.4) is 0 Å². The fourth-order valence-corrected chi connectivity index (χ4v) is 2.88. The molecule has 120 valence electrons. The molecule has 1 atom stereocenters. The van der Waals surface area contributed by atoms with Crippen LogP contribution in [0.1, 0.15) is 23.6 Å². The molecule has 1 aliphatic heterocycles. The fraction of sp³-hybridized carbons (Fsp3) is 0.353. The average molecular weight is 314 g/mol. The van der Waals surface area contributed by atoms with Crippen molar-refractivity contribution in [2.45, 2.75) is 12.3 Å². The van der Waals surface area contributed by atoms with Gasteiger partial charge in [0.15, 0.2) is 0 Å². The molecule has 6 heteroatoms. The predicted octanol–water partition coefficient (Wildman–Crippen LogP) is 2.46. The lowest BCUT2D eigenvalue weighted by molar-refractivity contribution is 0.211. The first-order valence-electron chi connectivity index (χ1n) is 7.60. The summed E-state index contributed by atoms with van der Waals surface area (Å²) in [6.45, 7) is 2.53. The third kappa shape index (κ3) is 3.90. The fourth-order valence-electron chi connectivity index (χ4n) is 2.88. The number of hydrogen-bond donors (Lipinski definition) is 0. The Labute approximate surface area is 134 Å². The van der Waals surface area contributed by atoms with E-state index >= 15 is 0 Å². The second-order valence-corrected chi connectivity index (χ2v) is 5.58. The molecule has 1 aliphatic rings. The number of rotatable bonds is 5. The summed E-state index contributed by atoms with van der Waals surface area (Å²) in [6, 6.07) is 6.33. The van der Waals surface area contributed by atoms with Crippen LogP contribution in [0.2, 0.25) is 0 Å². The topological polar surface area (TPSA) is 50.6 Å². The molecule has 0 N–H and O–H groups in total. The van der Waals surface area contributed by atoms with Gasteiger partial charge in [0, 0.05) is 43.2 Å². The summed E-state index contributed by atoms with van der Waals surface area (Å²) < 4.78 is 13.1. The third-order valence-corrected chi connectivity index (χ3v) is 4.03. The standard InChI is InChI=1S/C17H19FN4O/c1-23-21-17(13-2-4-15(18)5-3-13)12-22-9-6-14(11-22)16-10-19-7-8-20-16/h2-5,7-8,10,14H,6,9,11-12H2,1H3/b21-17-. The highest BCUT2D eigenvalue weighted by molar-refractivity contribution is 6.01. The van der Waals surface area contributed by atoms with Crippen LogP contribution in [-0.4, -0.2) is 47.3 Å². The van der Waals surface area contributed by atoms with Crippen molar-refractivity contribution in [3.8, 4) is 0 Å². The van der Waals surface area contributed by atoms with E-state index in [2.05, 4.69) is 20.0 Å². The Bertz CT molecular complexity index is 660.